The summed E-state index contributed by atoms with van der Waals surface area (Å²) in [5, 5.41) is 0. The van der Waals surface area contributed by atoms with Crippen molar-refractivity contribution in [2.75, 3.05) is 13.1 Å². The molecular formula is C13H18F3N. The zero-order valence-corrected chi connectivity index (χ0v) is 10.2. The molecule has 0 saturated carbocycles. The lowest BCUT2D eigenvalue weighted by Gasteiger charge is -2.34. The molecule has 1 heterocycles. The molecule has 0 aromatic carbocycles. The average Bonchev–Trinajstić information content (AvgIpc) is 2.73. The van der Waals surface area contributed by atoms with Crippen molar-refractivity contribution in [2.24, 2.45) is 11.8 Å². The zero-order chi connectivity index (χ0) is 12.6. The minimum Gasteiger partial charge on any atom is -0.375 e. The Hall–Kier alpha value is -0.930. The minimum atomic E-state index is -4.19. The summed E-state index contributed by atoms with van der Waals surface area (Å²) in [4.78, 5) is 2.23. The summed E-state index contributed by atoms with van der Waals surface area (Å²) in [7, 11) is 0. The van der Waals surface area contributed by atoms with Gasteiger partial charge in [-0.25, -0.2) is 0 Å². The Morgan fingerprint density at radius 3 is 2.18 bits per heavy atom. The number of hydrogen-bond donors (Lipinski definition) is 0. The fourth-order valence-corrected chi connectivity index (χ4v) is 2.73. The SMILES string of the molecule is CC1C(N2CCCC2)=CC=C(C(F)(F)F)C1C. The minimum absolute atomic E-state index is 0.0466. The van der Waals surface area contributed by atoms with E-state index in [2.05, 4.69) is 4.90 Å². The standard InChI is InChI=1S/C13H18F3N/c1-9-10(2)12(17-7-3-4-8-17)6-5-11(9)13(14,15)16/h5-6,9-10H,3-4,7-8H2,1-2H3. The fraction of sp³-hybridized carbons (Fsp3) is 0.692. The summed E-state index contributed by atoms with van der Waals surface area (Å²) in [5.41, 5.74) is 0.677. The third-order valence-electron chi connectivity index (χ3n) is 3.94. The lowest BCUT2D eigenvalue weighted by molar-refractivity contribution is -0.100. The van der Waals surface area contributed by atoms with Crippen LogP contribution in [0.4, 0.5) is 13.2 Å². The summed E-state index contributed by atoms with van der Waals surface area (Å²) in [6, 6.07) is 0. The predicted molar refractivity (Wildman–Crippen MR) is 61.4 cm³/mol. The molecule has 17 heavy (non-hydrogen) atoms. The van der Waals surface area contributed by atoms with Gasteiger partial charge in [0.05, 0.1) is 0 Å². The number of alkyl halides is 3. The fourth-order valence-electron chi connectivity index (χ4n) is 2.73. The van der Waals surface area contributed by atoms with Crippen molar-refractivity contribution in [3.63, 3.8) is 0 Å². The monoisotopic (exact) mass is 245 g/mol. The topological polar surface area (TPSA) is 3.24 Å². The van der Waals surface area contributed by atoms with Crippen LogP contribution in [-0.4, -0.2) is 24.2 Å². The van der Waals surface area contributed by atoms with E-state index < -0.39 is 17.7 Å². The molecule has 1 saturated heterocycles. The molecule has 1 fully saturated rings. The smallest absolute Gasteiger partial charge is 0.375 e. The van der Waals surface area contributed by atoms with Gasteiger partial charge in [-0.05, 0) is 24.8 Å². The second-order valence-electron chi connectivity index (χ2n) is 4.98. The number of nitrogens with zero attached hydrogens (tertiary/aromatic N) is 1. The molecule has 0 aromatic heterocycles. The second-order valence-corrected chi connectivity index (χ2v) is 4.98. The van der Waals surface area contributed by atoms with Gasteiger partial charge in [0.15, 0.2) is 0 Å². The highest BCUT2D eigenvalue weighted by molar-refractivity contribution is 5.30. The van der Waals surface area contributed by atoms with E-state index in [0.29, 0.717) is 0 Å². The molecule has 96 valence electrons. The molecule has 0 spiro atoms. The molecule has 2 aliphatic rings. The number of likely N-dealkylation sites (tertiary alicyclic amines) is 1. The summed E-state index contributed by atoms with van der Waals surface area (Å²) >= 11 is 0. The van der Waals surface area contributed by atoms with Gasteiger partial charge in [0.2, 0.25) is 0 Å². The van der Waals surface area contributed by atoms with E-state index in [1.54, 1.807) is 13.0 Å². The van der Waals surface area contributed by atoms with Gasteiger partial charge >= 0.3 is 6.18 Å². The van der Waals surface area contributed by atoms with Crippen LogP contribution in [0.3, 0.4) is 0 Å². The van der Waals surface area contributed by atoms with Gasteiger partial charge < -0.3 is 4.90 Å². The van der Waals surface area contributed by atoms with Gasteiger partial charge in [0.1, 0.15) is 0 Å². The van der Waals surface area contributed by atoms with E-state index >= 15 is 0 Å². The van der Waals surface area contributed by atoms with Crippen molar-refractivity contribution in [3.05, 3.63) is 23.4 Å². The van der Waals surface area contributed by atoms with Crippen LogP contribution in [0.25, 0.3) is 0 Å². The molecule has 0 bridgehead atoms. The third-order valence-corrected chi connectivity index (χ3v) is 3.94. The van der Waals surface area contributed by atoms with Gasteiger partial charge in [-0.1, -0.05) is 19.9 Å². The Bertz CT molecular complexity index is 348. The maximum atomic E-state index is 12.8. The van der Waals surface area contributed by atoms with Crippen LogP contribution in [0.15, 0.2) is 23.4 Å². The first-order valence-electron chi connectivity index (χ1n) is 6.15. The Morgan fingerprint density at radius 1 is 1.06 bits per heavy atom. The van der Waals surface area contributed by atoms with Crippen LogP contribution >= 0.6 is 0 Å². The second kappa shape index (κ2) is 4.39. The van der Waals surface area contributed by atoms with E-state index in [-0.39, 0.29) is 5.92 Å². The summed E-state index contributed by atoms with van der Waals surface area (Å²) < 4.78 is 38.3. The first kappa shape index (κ1) is 12.5. The zero-order valence-electron chi connectivity index (χ0n) is 10.2. The number of rotatable bonds is 1. The molecule has 1 aliphatic carbocycles. The van der Waals surface area contributed by atoms with Gasteiger partial charge in [-0.2, -0.15) is 13.2 Å². The molecule has 0 radical (unpaired) electrons. The summed E-state index contributed by atoms with van der Waals surface area (Å²) in [5.74, 6) is -0.495. The van der Waals surface area contributed by atoms with Crippen LogP contribution in [0, 0.1) is 11.8 Å². The van der Waals surface area contributed by atoms with Crippen molar-refractivity contribution < 1.29 is 13.2 Å². The highest BCUT2D eigenvalue weighted by atomic mass is 19.4. The number of allylic oxidation sites excluding steroid dienone is 4. The Morgan fingerprint density at radius 2 is 1.65 bits per heavy atom. The van der Waals surface area contributed by atoms with E-state index in [1.165, 1.54) is 6.08 Å². The molecule has 0 aromatic rings. The van der Waals surface area contributed by atoms with E-state index in [1.807, 2.05) is 6.92 Å². The first-order chi connectivity index (χ1) is 7.91. The van der Waals surface area contributed by atoms with Gasteiger partial charge in [-0.15, -0.1) is 0 Å². The quantitative estimate of drug-likeness (QED) is 0.680. The van der Waals surface area contributed by atoms with Crippen molar-refractivity contribution >= 4 is 0 Å². The van der Waals surface area contributed by atoms with E-state index in [4.69, 9.17) is 0 Å². The van der Waals surface area contributed by atoms with Crippen molar-refractivity contribution in [3.8, 4) is 0 Å². The maximum Gasteiger partial charge on any atom is 0.412 e. The molecule has 0 amide bonds. The van der Waals surface area contributed by atoms with Crippen LogP contribution in [0.1, 0.15) is 26.7 Å². The predicted octanol–water partition coefficient (Wildman–Crippen LogP) is 3.74. The lowest BCUT2D eigenvalue weighted by Crippen LogP contribution is -2.32. The molecule has 0 N–H and O–H groups in total. The van der Waals surface area contributed by atoms with Crippen LogP contribution in [0.2, 0.25) is 0 Å². The Labute approximate surface area is 100.0 Å². The number of halogens is 3. The van der Waals surface area contributed by atoms with E-state index in [0.717, 1.165) is 31.6 Å². The molecule has 1 nitrogen and oxygen atoms in total. The Balaban J connectivity index is 2.25. The van der Waals surface area contributed by atoms with Crippen LogP contribution < -0.4 is 0 Å². The maximum absolute atomic E-state index is 12.8. The van der Waals surface area contributed by atoms with Gasteiger partial charge in [-0.3, -0.25) is 0 Å². The molecule has 2 atom stereocenters. The summed E-state index contributed by atoms with van der Waals surface area (Å²) in [6.45, 7) is 5.54. The van der Waals surface area contributed by atoms with E-state index in [9.17, 15) is 13.2 Å². The normalized spacial score (nSPS) is 30.3. The molecule has 4 heteroatoms. The van der Waals surface area contributed by atoms with Crippen molar-refractivity contribution in [2.45, 2.75) is 32.9 Å². The largest absolute Gasteiger partial charge is 0.412 e. The third kappa shape index (κ3) is 2.35. The molecule has 1 aliphatic heterocycles. The lowest BCUT2D eigenvalue weighted by atomic mass is 9.81. The average molecular weight is 245 g/mol. The summed E-state index contributed by atoms with van der Waals surface area (Å²) in [6.07, 6.45) is 1.03. The highest BCUT2D eigenvalue weighted by Gasteiger charge is 2.41. The van der Waals surface area contributed by atoms with Crippen LogP contribution in [0.5, 0.6) is 0 Å². The first-order valence-corrected chi connectivity index (χ1v) is 6.15. The number of hydrogen-bond acceptors (Lipinski definition) is 1. The molecule has 2 unspecified atom stereocenters. The van der Waals surface area contributed by atoms with Gasteiger partial charge in [0, 0.05) is 30.3 Å². The van der Waals surface area contributed by atoms with Crippen molar-refractivity contribution in [1.29, 1.82) is 0 Å². The van der Waals surface area contributed by atoms with Gasteiger partial charge in [0.25, 0.3) is 0 Å². The Kier molecular flexibility index (Phi) is 3.23. The van der Waals surface area contributed by atoms with Crippen LogP contribution in [-0.2, 0) is 0 Å². The highest BCUT2D eigenvalue weighted by Crippen LogP contribution is 2.41. The van der Waals surface area contributed by atoms with Crippen molar-refractivity contribution in [1.82, 2.24) is 4.90 Å². The molecular weight excluding hydrogens is 227 g/mol. The molecule has 2 rings (SSSR count).